The van der Waals surface area contributed by atoms with Gasteiger partial charge in [0.1, 0.15) is 5.76 Å². The zero-order valence-corrected chi connectivity index (χ0v) is 19.3. The van der Waals surface area contributed by atoms with Gasteiger partial charge in [-0.1, -0.05) is 48.0 Å². The lowest BCUT2D eigenvalue weighted by Crippen LogP contribution is -2.26. The highest BCUT2D eigenvalue weighted by Crippen LogP contribution is 2.28. The highest BCUT2D eigenvalue weighted by molar-refractivity contribution is 7.98. The molecule has 0 spiro atoms. The summed E-state index contributed by atoms with van der Waals surface area (Å²) in [5, 5.41) is 3.04. The summed E-state index contributed by atoms with van der Waals surface area (Å²) in [4.78, 5) is 18.5. The predicted octanol–water partition coefficient (Wildman–Crippen LogP) is 6.74. The second kappa shape index (κ2) is 9.88. The van der Waals surface area contributed by atoms with Crippen molar-refractivity contribution in [2.75, 3.05) is 0 Å². The maximum atomic E-state index is 12.6. The standard InChI is InChI=1S/C27H26N2O2S/c1-18-9-15-24(16-10-18)32-17-25-20(3)31-27(29-25)23-13-11-22(12-14-23)26(30)28-19(2)21-7-5-4-6-8-21/h4-16,19H,17H2,1-3H3,(H,28,30)/t19-/m1/s1. The number of hydrogen-bond donors (Lipinski definition) is 1. The zero-order valence-electron chi connectivity index (χ0n) is 18.5. The molecule has 0 saturated carbocycles. The number of amides is 1. The number of rotatable bonds is 7. The number of aryl methyl sites for hydroxylation is 2. The second-order valence-corrected chi connectivity index (χ2v) is 8.86. The zero-order chi connectivity index (χ0) is 22.5. The number of carbonyl (C=O) groups is 1. The molecule has 1 aromatic heterocycles. The van der Waals surface area contributed by atoms with E-state index < -0.39 is 0 Å². The third kappa shape index (κ3) is 5.29. The maximum Gasteiger partial charge on any atom is 0.251 e. The summed E-state index contributed by atoms with van der Waals surface area (Å²) in [5.74, 6) is 2.03. The molecule has 1 heterocycles. The third-order valence-electron chi connectivity index (χ3n) is 5.33. The SMILES string of the molecule is Cc1ccc(SCc2nc(-c3ccc(C(=O)N[C@H](C)c4ccccc4)cc3)oc2C)cc1. The van der Waals surface area contributed by atoms with Crippen LogP contribution in [0.25, 0.3) is 11.5 Å². The molecule has 32 heavy (non-hydrogen) atoms. The van der Waals surface area contributed by atoms with Crippen molar-refractivity contribution in [2.45, 2.75) is 37.5 Å². The van der Waals surface area contributed by atoms with Gasteiger partial charge in [0.05, 0.1) is 11.7 Å². The van der Waals surface area contributed by atoms with Gasteiger partial charge in [-0.15, -0.1) is 11.8 Å². The fourth-order valence-corrected chi connectivity index (χ4v) is 4.24. The average Bonchev–Trinajstić information content (AvgIpc) is 3.19. The Morgan fingerprint density at radius 2 is 1.66 bits per heavy atom. The molecule has 0 aliphatic rings. The number of nitrogens with zero attached hydrogens (tertiary/aromatic N) is 1. The third-order valence-corrected chi connectivity index (χ3v) is 6.35. The molecule has 4 rings (SSSR count). The molecule has 0 bridgehead atoms. The van der Waals surface area contributed by atoms with Gasteiger partial charge in [0.25, 0.3) is 5.91 Å². The van der Waals surface area contributed by atoms with E-state index in [2.05, 4.69) is 41.5 Å². The first-order valence-corrected chi connectivity index (χ1v) is 11.6. The number of benzene rings is 3. The van der Waals surface area contributed by atoms with Crippen molar-refractivity contribution in [3.63, 3.8) is 0 Å². The lowest BCUT2D eigenvalue weighted by Gasteiger charge is -2.14. The van der Waals surface area contributed by atoms with E-state index in [0.717, 1.165) is 28.3 Å². The minimum absolute atomic E-state index is 0.0636. The first kappa shape index (κ1) is 21.9. The Morgan fingerprint density at radius 3 is 2.34 bits per heavy atom. The Labute approximate surface area is 193 Å². The molecule has 1 N–H and O–H groups in total. The van der Waals surface area contributed by atoms with Crippen LogP contribution in [0, 0.1) is 13.8 Å². The number of nitrogens with one attached hydrogen (secondary N) is 1. The fourth-order valence-electron chi connectivity index (χ4n) is 3.34. The predicted molar refractivity (Wildman–Crippen MR) is 130 cm³/mol. The molecule has 0 aliphatic carbocycles. The molecular weight excluding hydrogens is 416 g/mol. The van der Waals surface area contributed by atoms with E-state index in [-0.39, 0.29) is 11.9 Å². The summed E-state index contributed by atoms with van der Waals surface area (Å²) >= 11 is 1.74. The van der Waals surface area contributed by atoms with Crippen LogP contribution in [-0.2, 0) is 5.75 Å². The Kier molecular flexibility index (Phi) is 6.76. The Hall–Kier alpha value is -3.31. The molecule has 4 aromatic rings. The van der Waals surface area contributed by atoms with Crippen LogP contribution in [0.5, 0.6) is 0 Å². The monoisotopic (exact) mass is 442 g/mol. The van der Waals surface area contributed by atoms with Crippen LogP contribution in [0.15, 0.2) is 88.2 Å². The number of hydrogen-bond acceptors (Lipinski definition) is 4. The Bertz CT molecular complexity index is 1180. The molecule has 1 amide bonds. The van der Waals surface area contributed by atoms with Crippen molar-refractivity contribution < 1.29 is 9.21 Å². The van der Waals surface area contributed by atoms with E-state index >= 15 is 0 Å². The first-order valence-electron chi connectivity index (χ1n) is 10.6. The minimum atomic E-state index is -0.105. The topological polar surface area (TPSA) is 55.1 Å². The summed E-state index contributed by atoms with van der Waals surface area (Å²) in [5.41, 5.74) is 4.72. The van der Waals surface area contributed by atoms with Gasteiger partial charge in [-0.2, -0.15) is 0 Å². The van der Waals surface area contributed by atoms with Gasteiger partial charge in [-0.3, -0.25) is 4.79 Å². The molecule has 0 radical (unpaired) electrons. The minimum Gasteiger partial charge on any atom is -0.441 e. The molecule has 1 atom stereocenters. The molecule has 3 aromatic carbocycles. The van der Waals surface area contributed by atoms with Crippen molar-refractivity contribution in [1.29, 1.82) is 0 Å². The average molecular weight is 443 g/mol. The summed E-state index contributed by atoms with van der Waals surface area (Å²) in [6, 6.07) is 25.7. The van der Waals surface area contributed by atoms with E-state index in [1.165, 1.54) is 10.5 Å². The Balaban J connectivity index is 1.41. The van der Waals surface area contributed by atoms with Crippen molar-refractivity contribution in [3.8, 4) is 11.5 Å². The molecule has 0 unspecified atom stereocenters. The highest BCUT2D eigenvalue weighted by Gasteiger charge is 2.14. The van der Waals surface area contributed by atoms with Crippen molar-refractivity contribution >= 4 is 17.7 Å². The van der Waals surface area contributed by atoms with Crippen molar-refractivity contribution in [1.82, 2.24) is 10.3 Å². The lowest BCUT2D eigenvalue weighted by atomic mass is 10.1. The molecule has 162 valence electrons. The molecule has 5 heteroatoms. The summed E-state index contributed by atoms with van der Waals surface area (Å²) in [7, 11) is 0. The summed E-state index contributed by atoms with van der Waals surface area (Å²) in [6.45, 7) is 6.00. The van der Waals surface area contributed by atoms with Crippen LogP contribution in [0.3, 0.4) is 0 Å². The van der Waals surface area contributed by atoms with Gasteiger partial charge in [0.2, 0.25) is 5.89 Å². The summed E-state index contributed by atoms with van der Waals surface area (Å²) < 4.78 is 5.91. The number of carbonyl (C=O) groups excluding carboxylic acids is 1. The van der Waals surface area contributed by atoms with Crippen LogP contribution < -0.4 is 5.32 Å². The van der Waals surface area contributed by atoms with Crippen LogP contribution in [0.1, 0.15) is 45.9 Å². The molecule has 0 saturated heterocycles. The van der Waals surface area contributed by atoms with Gasteiger partial charge in [0.15, 0.2) is 0 Å². The molecular formula is C27H26N2O2S. The lowest BCUT2D eigenvalue weighted by molar-refractivity contribution is 0.0940. The number of thioether (sulfide) groups is 1. The van der Waals surface area contributed by atoms with Crippen molar-refractivity contribution in [3.05, 3.63) is 107 Å². The normalized spacial score (nSPS) is 11.8. The molecule has 0 aliphatic heterocycles. The van der Waals surface area contributed by atoms with Crippen LogP contribution in [0.2, 0.25) is 0 Å². The van der Waals surface area contributed by atoms with E-state index in [9.17, 15) is 4.79 Å². The van der Waals surface area contributed by atoms with Gasteiger partial charge < -0.3 is 9.73 Å². The largest absolute Gasteiger partial charge is 0.441 e. The highest BCUT2D eigenvalue weighted by atomic mass is 32.2. The van der Waals surface area contributed by atoms with E-state index in [0.29, 0.717) is 11.5 Å². The maximum absolute atomic E-state index is 12.6. The van der Waals surface area contributed by atoms with E-state index in [1.807, 2.05) is 68.4 Å². The molecule has 4 nitrogen and oxygen atoms in total. The quantitative estimate of drug-likeness (QED) is 0.322. The fraction of sp³-hybridized carbons (Fsp3) is 0.185. The van der Waals surface area contributed by atoms with E-state index in [1.54, 1.807) is 11.8 Å². The van der Waals surface area contributed by atoms with Crippen LogP contribution >= 0.6 is 11.8 Å². The van der Waals surface area contributed by atoms with Crippen molar-refractivity contribution in [2.24, 2.45) is 0 Å². The second-order valence-electron chi connectivity index (χ2n) is 7.81. The number of aromatic nitrogens is 1. The van der Waals surface area contributed by atoms with Gasteiger partial charge in [-0.25, -0.2) is 4.98 Å². The van der Waals surface area contributed by atoms with Crippen LogP contribution in [0.4, 0.5) is 0 Å². The Morgan fingerprint density at radius 1 is 0.969 bits per heavy atom. The molecule has 0 fully saturated rings. The first-order chi connectivity index (χ1) is 15.5. The smallest absolute Gasteiger partial charge is 0.251 e. The van der Waals surface area contributed by atoms with Gasteiger partial charge >= 0.3 is 0 Å². The van der Waals surface area contributed by atoms with Crippen LogP contribution in [-0.4, -0.2) is 10.9 Å². The summed E-state index contributed by atoms with van der Waals surface area (Å²) in [6.07, 6.45) is 0. The van der Waals surface area contributed by atoms with E-state index in [4.69, 9.17) is 4.42 Å². The number of oxazole rings is 1. The van der Waals surface area contributed by atoms with Gasteiger partial charge in [0, 0.05) is 21.8 Å². The van der Waals surface area contributed by atoms with Gasteiger partial charge in [-0.05, 0) is 62.7 Å².